The van der Waals surface area contributed by atoms with Crippen molar-refractivity contribution >= 4 is 19.8 Å². The number of esters is 2. The van der Waals surface area contributed by atoms with Gasteiger partial charge in [-0.2, -0.15) is 0 Å². The SMILES string of the molecule is CC/C=C\C/C=C\CC(O)/C=C/C=C\C/C=C\CCCC(=O)OC[C@H](COP(=O)(O)O)OC(=O)CCCCCCCCCCCCCC(C)C. The summed E-state index contributed by atoms with van der Waals surface area (Å²) in [4.78, 5) is 42.7. The summed E-state index contributed by atoms with van der Waals surface area (Å²) in [6.45, 7) is 5.74. The molecule has 0 aliphatic heterocycles. The summed E-state index contributed by atoms with van der Waals surface area (Å²) in [5.74, 6) is -0.198. The zero-order valence-electron chi connectivity index (χ0n) is 31.3. The molecule has 0 fully saturated rings. The van der Waals surface area contributed by atoms with Crippen molar-refractivity contribution in [1.82, 2.24) is 0 Å². The summed E-state index contributed by atoms with van der Waals surface area (Å²) in [7, 11) is -4.78. The third kappa shape index (κ3) is 37.0. The number of carbonyl (C=O) groups excluding carboxylic acids is 2. The highest BCUT2D eigenvalue weighted by Crippen LogP contribution is 2.36. The second-order valence-corrected chi connectivity index (χ2v) is 14.4. The summed E-state index contributed by atoms with van der Waals surface area (Å²) in [6.07, 6.45) is 37.0. The number of rotatable bonds is 33. The van der Waals surface area contributed by atoms with E-state index < -0.39 is 38.6 Å². The highest BCUT2D eigenvalue weighted by Gasteiger charge is 2.22. The van der Waals surface area contributed by atoms with Crippen molar-refractivity contribution in [1.29, 1.82) is 0 Å². The molecule has 288 valence electrons. The lowest BCUT2D eigenvalue weighted by molar-refractivity contribution is -0.161. The molecule has 9 nitrogen and oxygen atoms in total. The van der Waals surface area contributed by atoms with Crippen LogP contribution in [0.25, 0.3) is 0 Å². The number of allylic oxidation sites excluding steroid dienone is 8. The van der Waals surface area contributed by atoms with E-state index in [1.807, 2.05) is 42.5 Å². The lowest BCUT2D eigenvalue weighted by Gasteiger charge is -2.18. The van der Waals surface area contributed by atoms with Gasteiger partial charge >= 0.3 is 19.8 Å². The van der Waals surface area contributed by atoms with Crippen molar-refractivity contribution < 1.29 is 43.0 Å². The first-order chi connectivity index (χ1) is 24.0. The van der Waals surface area contributed by atoms with Gasteiger partial charge in [0.1, 0.15) is 6.61 Å². The van der Waals surface area contributed by atoms with Crippen LogP contribution in [0.15, 0.2) is 60.8 Å². The maximum Gasteiger partial charge on any atom is 0.469 e. The fraction of sp³-hybridized carbons (Fsp3) is 0.700. The van der Waals surface area contributed by atoms with E-state index in [0.717, 1.165) is 44.4 Å². The number of carbonyl (C=O) groups is 2. The molecule has 0 saturated heterocycles. The molecular formula is C40H69O9P. The topological polar surface area (TPSA) is 140 Å². The minimum atomic E-state index is -4.78. The van der Waals surface area contributed by atoms with E-state index in [2.05, 4.69) is 37.4 Å². The molecule has 1 unspecified atom stereocenters. The van der Waals surface area contributed by atoms with E-state index in [1.165, 1.54) is 51.4 Å². The first kappa shape index (κ1) is 47.7. The van der Waals surface area contributed by atoms with E-state index in [-0.39, 0.29) is 19.4 Å². The Morgan fingerprint density at radius 2 is 1.26 bits per heavy atom. The van der Waals surface area contributed by atoms with E-state index in [0.29, 0.717) is 25.7 Å². The summed E-state index contributed by atoms with van der Waals surface area (Å²) < 4.78 is 26.2. The average molecular weight is 725 g/mol. The van der Waals surface area contributed by atoms with Gasteiger partial charge in [-0.25, -0.2) is 4.57 Å². The van der Waals surface area contributed by atoms with Gasteiger partial charge in [0.2, 0.25) is 0 Å². The normalized spacial score (nSPS) is 13.9. The molecule has 0 aromatic carbocycles. The molecule has 10 heteroatoms. The molecule has 0 aromatic rings. The second kappa shape index (κ2) is 33.8. The number of ether oxygens (including phenoxy) is 2. The lowest BCUT2D eigenvalue weighted by atomic mass is 10.0. The van der Waals surface area contributed by atoms with Crippen LogP contribution < -0.4 is 0 Å². The summed E-state index contributed by atoms with van der Waals surface area (Å²) >= 11 is 0. The van der Waals surface area contributed by atoms with E-state index in [9.17, 15) is 19.3 Å². The first-order valence-electron chi connectivity index (χ1n) is 19.0. The number of unbranched alkanes of at least 4 members (excludes halogenated alkanes) is 11. The summed E-state index contributed by atoms with van der Waals surface area (Å²) in [5.41, 5.74) is 0. The van der Waals surface area contributed by atoms with Crippen LogP contribution in [0.1, 0.15) is 149 Å². The van der Waals surface area contributed by atoms with Crippen molar-refractivity contribution in [2.75, 3.05) is 13.2 Å². The first-order valence-corrected chi connectivity index (χ1v) is 20.6. The molecule has 0 aromatic heterocycles. The smallest absolute Gasteiger partial charge is 0.462 e. The Morgan fingerprint density at radius 1 is 0.680 bits per heavy atom. The van der Waals surface area contributed by atoms with Crippen molar-refractivity contribution in [3.63, 3.8) is 0 Å². The highest BCUT2D eigenvalue weighted by molar-refractivity contribution is 7.46. The minimum absolute atomic E-state index is 0.155. The maximum atomic E-state index is 12.4. The minimum Gasteiger partial charge on any atom is -0.462 e. The Kier molecular flexibility index (Phi) is 32.3. The monoisotopic (exact) mass is 724 g/mol. The van der Waals surface area contributed by atoms with Crippen molar-refractivity contribution in [2.45, 2.75) is 161 Å². The van der Waals surface area contributed by atoms with Crippen LogP contribution in [0.2, 0.25) is 0 Å². The number of phosphoric acid groups is 1. The van der Waals surface area contributed by atoms with E-state index in [4.69, 9.17) is 19.3 Å². The Hall–Kier alpha value is -2.29. The number of aliphatic hydroxyl groups is 1. The zero-order valence-corrected chi connectivity index (χ0v) is 32.2. The van der Waals surface area contributed by atoms with Crippen LogP contribution in [0.4, 0.5) is 0 Å². The Bertz CT molecular complexity index is 1030. The number of hydrogen-bond donors (Lipinski definition) is 3. The number of aliphatic hydroxyl groups excluding tert-OH is 1. The van der Waals surface area contributed by atoms with Gasteiger partial charge in [0.25, 0.3) is 0 Å². The molecule has 0 radical (unpaired) electrons. The van der Waals surface area contributed by atoms with Crippen LogP contribution >= 0.6 is 7.82 Å². The largest absolute Gasteiger partial charge is 0.469 e. The van der Waals surface area contributed by atoms with Crippen molar-refractivity contribution in [3.8, 4) is 0 Å². The molecule has 0 saturated carbocycles. The van der Waals surface area contributed by atoms with Gasteiger partial charge in [-0.05, 0) is 50.9 Å². The fourth-order valence-corrected chi connectivity index (χ4v) is 5.33. The molecule has 0 aliphatic carbocycles. The van der Waals surface area contributed by atoms with Gasteiger partial charge in [-0.1, -0.05) is 152 Å². The highest BCUT2D eigenvalue weighted by atomic mass is 31.2. The number of hydrogen-bond acceptors (Lipinski definition) is 7. The third-order valence-electron chi connectivity index (χ3n) is 7.81. The quantitative estimate of drug-likeness (QED) is 0.0198. The van der Waals surface area contributed by atoms with Crippen LogP contribution in [0.3, 0.4) is 0 Å². The molecule has 0 heterocycles. The predicted octanol–water partition coefficient (Wildman–Crippen LogP) is 10.2. The molecule has 3 N–H and O–H groups in total. The van der Waals surface area contributed by atoms with Gasteiger partial charge < -0.3 is 24.4 Å². The van der Waals surface area contributed by atoms with Crippen LogP contribution in [-0.4, -0.2) is 52.3 Å². The van der Waals surface area contributed by atoms with Gasteiger partial charge in [0.15, 0.2) is 6.10 Å². The predicted molar refractivity (Wildman–Crippen MR) is 203 cm³/mol. The standard InChI is InChI=1S/C40H69O9P/c1-4-5-6-7-20-25-30-37(41)31-26-21-16-13-14-17-22-27-32-39(42)47-34-38(35-48-50(44,45)46)49-40(43)33-28-23-18-12-10-8-9-11-15-19-24-29-36(2)3/h5-6,14,16-17,20-21,25-26,31,36-38,41H,4,7-13,15,18-19,22-24,27-30,32-35H2,1-3H3,(H2,44,45,46)/b6-5-,17-14-,21-16-,25-20-,31-26+/t37?,38-/m1/s1. The molecule has 50 heavy (non-hydrogen) atoms. The van der Waals surface area contributed by atoms with Gasteiger partial charge in [0, 0.05) is 12.8 Å². The molecule has 0 amide bonds. The molecule has 0 spiro atoms. The van der Waals surface area contributed by atoms with Crippen LogP contribution in [-0.2, 0) is 28.2 Å². The number of phosphoric ester groups is 1. The van der Waals surface area contributed by atoms with Crippen LogP contribution in [0.5, 0.6) is 0 Å². The molecular weight excluding hydrogens is 655 g/mol. The molecule has 0 rings (SSSR count). The van der Waals surface area contributed by atoms with Gasteiger partial charge in [0.05, 0.1) is 12.7 Å². The fourth-order valence-electron chi connectivity index (χ4n) is 4.97. The molecule has 2 atom stereocenters. The average Bonchev–Trinajstić information content (AvgIpc) is 3.06. The Balaban J connectivity index is 4.14. The van der Waals surface area contributed by atoms with Gasteiger partial charge in [-0.15, -0.1) is 0 Å². The van der Waals surface area contributed by atoms with Gasteiger partial charge in [-0.3, -0.25) is 14.1 Å². The maximum absolute atomic E-state index is 12.4. The molecule has 0 bridgehead atoms. The zero-order chi connectivity index (χ0) is 37.1. The Labute approximate surface area is 303 Å². The van der Waals surface area contributed by atoms with E-state index >= 15 is 0 Å². The lowest BCUT2D eigenvalue weighted by Crippen LogP contribution is -2.29. The van der Waals surface area contributed by atoms with Crippen molar-refractivity contribution in [2.24, 2.45) is 5.92 Å². The van der Waals surface area contributed by atoms with E-state index in [1.54, 1.807) is 6.08 Å². The Morgan fingerprint density at radius 3 is 1.90 bits per heavy atom. The second-order valence-electron chi connectivity index (χ2n) is 13.2. The van der Waals surface area contributed by atoms with Crippen LogP contribution in [0, 0.1) is 5.92 Å². The molecule has 0 aliphatic rings. The van der Waals surface area contributed by atoms with Crippen molar-refractivity contribution in [3.05, 3.63) is 60.8 Å². The third-order valence-corrected chi connectivity index (χ3v) is 8.29. The summed E-state index contributed by atoms with van der Waals surface area (Å²) in [5, 5.41) is 9.96. The summed E-state index contributed by atoms with van der Waals surface area (Å²) in [6, 6.07) is 0.